The highest BCUT2D eigenvalue weighted by Gasteiger charge is 2.17. The fraction of sp³-hybridized carbons (Fsp3) is 0.237. The smallest absolute Gasteiger partial charge is 0.343 e. The summed E-state index contributed by atoms with van der Waals surface area (Å²) in [7, 11) is -3.33. The third-order valence-corrected chi connectivity index (χ3v) is 9.99. The first-order chi connectivity index (χ1) is 22.4. The first kappa shape index (κ1) is 31.3. The molecule has 6 rings (SSSR count). The van der Waals surface area contributed by atoms with Gasteiger partial charge in [0.05, 0.1) is 16.2 Å². The minimum atomic E-state index is -3.33. The van der Waals surface area contributed by atoms with Gasteiger partial charge in [0.25, 0.3) is 0 Å². The van der Waals surface area contributed by atoms with Crippen LogP contribution in [0.4, 0.5) is 0 Å². The molecule has 5 aromatic rings. The maximum absolute atomic E-state index is 12.7. The van der Waals surface area contributed by atoms with Crippen molar-refractivity contribution in [2.24, 2.45) is 0 Å². The van der Waals surface area contributed by atoms with Crippen LogP contribution in [0.15, 0.2) is 114 Å². The quantitative estimate of drug-likeness (QED) is 0.107. The lowest BCUT2D eigenvalue weighted by Gasteiger charge is -2.26. The van der Waals surface area contributed by atoms with Gasteiger partial charge >= 0.3 is 5.97 Å². The number of hydrogen-bond acceptors (Lipinski definition) is 7. The Balaban J connectivity index is 1.28. The van der Waals surface area contributed by atoms with Crippen LogP contribution in [0.5, 0.6) is 23.0 Å². The largest absolute Gasteiger partial charge is 0.492 e. The van der Waals surface area contributed by atoms with Crippen molar-refractivity contribution in [3.63, 3.8) is 0 Å². The first-order valence-electron chi connectivity index (χ1n) is 15.7. The number of sulfone groups is 1. The van der Waals surface area contributed by atoms with Crippen molar-refractivity contribution >= 4 is 26.6 Å². The van der Waals surface area contributed by atoms with Crippen molar-refractivity contribution in [3.05, 3.63) is 115 Å². The molecule has 8 heteroatoms. The zero-order valence-corrected chi connectivity index (χ0v) is 26.7. The van der Waals surface area contributed by atoms with E-state index in [0.29, 0.717) is 29.4 Å². The first-order valence-corrected chi connectivity index (χ1v) is 17.3. The lowest BCUT2D eigenvalue weighted by atomic mass is 9.99. The number of esters is 1. The molecule has 5 aromatic carbocycles. The zero-order chi connectivity index (χ0) is 31.9. The van der Waals surface area contributed by atoms with Crippen molar-refractivity contribution in [1.82, 2.24) is 4.90 Å². The summed E-state index contributed by atoms with van der Waals surface area (Å²) >= 11 is 0. The lowest BCUT2D eigenvalue weighted by Crippen LogP contribution is -2.33. The van der Waals surface area contributed by atoms with Crippen LogP contribution in [0.1, 0.15) is 36.5 Å². The molecule has 0 radical (unpaired) electrons. The Bertz CT molecular complexity index is 1900. The van der Waals surface area contributed by atoms with Crippen molar-refractivity contribution in [2.75, 3.05) is 32.0 Å². The molecule has 1 aliphatic rings. The second-order valence-corrected chi connectivity index (χ2v) is 13.6. The molecule has 0 aliphatic carbocycles. The Hall–Kier alpha value is -4.66. The molecule has 0 amide bonds. The molecule has 1 aliphatic heterocycles. The van der Waals surface area contributed by atoms with Crippen molar-refractivity contribution < 1.29 is 27.4 Å². The fourth-order valence-corrected chi connectivity index (χ4v) is 6.51. The van der Waals surface area contributed by atoms with E-state index in [-0.39, 0.29) is 10.6 Å². The van der Waals surface area contributed by atoms with E-state index in [1.165, 1.54) is 19.3 Å². The number of likely N-dealkylation sites (tertiary alicyclic amines) is 1. The molecule has 46 heavy (non-hydrogen) atoms. The van der Waals surface area contributed by atoms with E-state index in [0.717, 1.165) is 47.3 Å². The predicted molar refractivity (Wildman–Crippen MR) is 181 cm³/mol. The van der Waals surface area contributed by atoms with E-state index in [1.54, 1.807) is 61.5 Å². The van der Waals surface area contributed by atoms with E-state index >= 15 is 0 Å². The second-order valence-electron chi connectivity index (χ2n) is 11.3. The highest BCUT2D eigenvalue weighted by molar-refractivity contribution is 7.91. The van der Waals surface area contributed by atoms with Gasteiger partial charge in [-0.1, -0.05) is 49.7 Å². The number of carbonyl (C=O) groups is 1. The average Bonchev–Trinajstić information content (AvgIpc) is 3.10. The Morgan fingerprint density at radius 1 is 0.761 bits per heavy atom. The second kappa shape index (κ2) is 14.2. The highest BCUT2D eigenvalue weighted by Crippen LogP contribution is 2.41. The molecule has 0 unspecified atom stereocenters. The summed E-state index contributed by atoms with van der Waals surface area (Å²) in [5.41, 5.74) is 2.07. The molecule has 7 nitrogen and oxygen atoms in total. The zero-order valence-electron chi connectivity index (χ0n) is 25.9. The highest BCUT2D eigenvalue weighted by atomic mass is 32.2. The molecule has 0 bridgehead atoms. The van der Waals surface area contributed by atoms with Crippen LogP contribution in [0, 0.1) is 0 Å². The maximum atomic E-state index is 12.7. The number of benzene rings is 5. The van der Waals surface area contributed by atoms with Crippen LogP contribution in [-0.2, 0) is 9.84 Å². The van der Waals surface area contributed by atoms with Crippen LogP contribution in [-0.4, -0.2) is 51.3 Å². The molecule has 0 spiro atoms. The number of fused-ring (bicyclic) bond motifs is 1. The third-order valence-electron chi connectivity index (χ3n) is 8.23. The minimum Gasteiger partial charge on any atom is -0.492 e. The van der Waals surface area contributed by atoms with Gasteiger partial charge in [0.1, 0.15) is 29.6 Å². The topological polar surface area (TPSA) is 82.1 Å². The number of nitrogens with zero attached hydrogens (tertiary/aromatic N) is 1. The summed E-state index contributed by atoms with van der Waals surface area (Å²) < 4.78 is 43.1. The molecular weight excluding hydrogens is 598 g/mol. The normalized spacial score (nSPS) is 13.8. The SMILES string of the molecule is CCS(=O)(=O)c1ccc(-c2ccc3cc(OC(=O)c4ccccc4)ccc3c2Oc2ccc(OCCN3CCCCC3)cc2)cc1. The summed E-state index contributed by atoms with van der Waals surface area (Å²) in [6.07, 6.45) is 3.82. The molecule has 0 N–H and O–H groups in total. The van der Waals surface area contributed by atoms with Crippen molar-refractivity contribution in [1.29, 1.82) is 0 Å². The van der Waals surface area contributed by atoms with Crippen molar-refractivity contribution in [3.8, 4) is 34.1 Å². The van der Waals surface area contributed by atoms with E-state index in [1.807, 2.05) is 54.6 Å². The van der Waals surface area contributed by atoms with Crippen LogP contribution in [0.25, 0.3) is 21.9 Å². The van der Waals surface area contributed by atoms with Gasteiger partial charge in [-0.2, -0.15) is 0 Å². The number of rotatable bonds is 11. The molecular formula is C38H37NO6S. The Labute approximate surface area is 270 Å². The number of ether oxygens (including phenoxy) is 3. The number of hydrogen-bond donors (Lipinski definition) is 0. The van der Waals surface area contributed by atoms with Crippen molar-refractivity contribution in [2.45, 2.75) is 31.1 Å². The van der Waals surface area contributed by atoms with Crippen LogP contribution < -0.4 is 14.2 Å². The van der Waals surface area contributed by atoms with Gasteiger partial charge in [0.2, 0.25) is 0 Å². The summed E-state index contributed by atoms with van der Waals surface area (Å²) in [5.74, 6) is 2.02. The monoisotopic (exact) mass is 635 g/mol. The van der Waals surface area contributed by atoms with Crippen LogP contribution in [0.3, 0.4) is 0 Å². The predicted octanol–water partition coefficient (Wildman–Crippen LogP) is 8.18. The minimum absolute atomic E-state index is 0.0336. The van der Waals surface area contributed by atoms with Gasteiger partial charge in [-0.15, -0.1) is 0 Å². The maximum Gasteiger partial charge on any atom is 0.343 e. The van der Waals surface area contributed by atoms with Crippen LogP contribution in [0.2, 0.25) is 0 Å². The molecule has 236 valence electrons. The van der Waals surface area contributed by atoms with Gasteiger partial charge < -0.3 is 14.2 Å². The van der Waals surface area contributed by atoms with E-state index in [9.17, 15) is 13.2 Å². The molecule has 0 aromatic heterocycles. The van der Waals surface area contributed by atoms with Gasteiger partial charge in [-0.05, 0) is 110 Å². The van der Waals surface area contributed by atoms with E-state index in [4.69, 9.17) is 14.2 Å². The van der Waals surface area contributed by atoms with E-state index in [2.05, 4.69) is 4.90 Å². The van der Waals surface area contributed by atoms with Gasteiger partial charge in [-0.3, -0.25) is 4.90 Å². The van der Waals surface area contributed by atoms with Gasteiger partial charge in [0, 0.05) is 17.5 Å². The van der Waals surface area contributed by atoms with Gasteiger partial charge in [0.15, 0.2) is 9.84 Å². The standard InChI is InChI=1S/C38H37NO6S/c1-2-46(41,42)34-19-11-28(12-20-34)35-21-13-30-27-33(45-38(40)29-9-5-3-6-10-29)18-22-36(30)37(35)44-32-16-14-31(15-17-32)43-26-25-39-23-7-4-8-24-39/h3,5-6,9-22,27H,2,4,7-8,23-26H2,1H3. The number of carbonyl (C=O) groups excluding carboxylic acids is 1. The summed E-state index contributed by atoms with van der Waals surface area (Å²) in [6.45, 7) is 5.46. The number of piperidine rings is 1. The Morgan fingerprint density at radius 3 is 2.17 bits per heavy atom. The Kier molecular flexibility index (Phi) is 9.66. The average molecular weight is 636 g/mol. The molecule has 0 saturated carbocycles. The summed E-state index contributed by atoms with van der Waals surface area (Å²) in [4.78, 5) is 15.4. The molecule has 0 atom stereocenters. The van der Waals surface area contributed by atoms with Gasteiger partial charge in [-0.25, -0.2) is 13.2 Å². The summed E-state index contributed by atoms with van der Waals surface area (Å²) in [6, 6.07) is 32.6. The van der Waals surface area contributed by atoms with E-state index < -0.39 is 15.8 Å². The summed E-state index contributed by atoms with van der Waals surface area (Å²) in [5, 5.41) is 1.63. The molecule has 1 fully saturated rings. The Morgan fingerprint density at radius 2 is 1.46 bits per heavy atom. The molecule has 1 saturated heterocycles. The molecule has 1 heterocycles. The van der Waals surface area contributed by atoms with Crippen LogP contribution >= 0.6 is 0 Å². The third kappa shape index (κ3) is 7.41. The fourth-order valence-electron chi connectivity index (χ4n) is 5.63. The lowest BCUT2D eigenvalue weighted by molar-refractivity contribution is 0.0735.